The summed E-state index contributed by atoms with van der Waals surface area (Å²) < 4.78 is 11.0. The lowest BCUT2D eigenvalue weighted by molar-refractivity contribution is 0.0482. The van der Waals surface area contributed by atoms with E-state index >= 15 is 0 Å². The van der Waals surface area contributed by atoms with Gasteiger partial charge in [0, 0.05) is 56.8 Å². The maximum absolute atomic E-state index is 11.6. The molecule has 6 heteroatoms. The number of hydrogen-bond acceptors (Lipinski definition) is 6. The van der Waals surface area contributed by atoms with Gasteiger partial charge in [-0.25, -0.2) is 4.79 Å². The summed E-state index contributed by atoms with van der Waals surface area (Å²) in [6, 6.07) is 17.2. The first-order chi connectivity index (χ1) is 15.6. The van der Waals surface area contributed by atoms with Crippen LogP contribution >= 0.6 is 0 Å². The van der Waals surface area contributed by atoms with Crippen LogP contribution in [0.1, 0.15) is 11.1 Å². The number of hydrogen-bond donors (Lipinski definition) is 1. The molecular weight excluding hydrogens is 404 g/mol. The van der Waals surface area contributed by atoms with Gasteiger partial charge in [-0.3, -0.25) is 9.80 Å². The topological polar surface area (TPSA) is 66.2 Å². The monoisotopic (exact) mass is 434 g/mol. The number of benzene rings is 2. The molecule has 0 bridgehead atoms. The number of rotatable bonds is 8. The van der Waals surface area contributed by atoms with Crippen molar-refractivity contribution in [3.8, 4) is 5.75 Å². The molecule has 1 fully saturated rings. The van der Waals surface area contributed by atoms with E-state index in [1.165, 1.54) is 11.6 Å². The molecule has 1 aliphatic heterocycles. The molecule has 1 atom stereocenters. The van der Waals surface area contributed by atoms with E-state index in [1.54, 1.807) is 6.07 Å². The van der Waals surface area contributed by atoms with Crippen LogP contribution in [0.3, 0.4) is 0 Å². The zero-order chi connectivity index (χ0) is 22.3. The molecule has 0 aliphatic carbocycles. The quantitative estimate of drug-likeness (QED) is 0.550. The standard InChI is InChI=1S/C26H30N2O4/c1-20-16-26(30)32-25-17-23(9-10-24(20)25)31-19-22(29)18-28-14-12-27(13-15-28)11-5-8-21-6-3-2-4-7-21/h2-10,16-17,22,29H,11-15,18-19H2,1H3/b8-5+. The number of ether oxygens (including phenoxy) is 1. The van der Waals surface area contributed by atoms with E-state index in [0.717, 1.165) is 43.7 Å². The average Bonchev–Trinajstić information content (AvgIpc) is 2.79. The van der Waals surface area contributed by atoms with Gasteiger partial charge in [0.1, 0.15) is 24.0 Å². The van der Waals surface area contributed by atoms with E-state index in [4.69, 9.17) is 9.15 Å². The smallest absolute Gasteiger partial charge is 0.336 e. The molecule has 1 saturated heterocycles. The lowest BCUT2D eigenvalue weighted by Crippen LogP contribution is -2.49. The van der Waals surface area contributed by atoms with Crippen molar-refractivity contribution in [3.63, 3.8) is 0 Å². The number of aryl methyl sites for hydroxylation is 1. The number of β-amino-alcohol motifs (C(OH)–C–C–N with tert-alkyl or cyclic N) is 1. The highest BCUT2D eigenvalue weighted by molar-refractivity contribution is 5.81. The van der Waals surface area contributed by atoms with Crippen LogP contribution in [-0.4, -0.2) is 66.9 Å². The Hall–Kier alpha value is -2.93. The van der Waals surface area contributed by atoms with Gasteiger partial charge in [-0.15, -0.1) is 0 Å². The average molecular weight is 435 g/mol. The maximum atomic E-state index is 11.6. The summed E-state index contributed by atoms with van der Waals surface area (Å²) in [6.07, 6.45) is 3.79. The minimum absolute atomic E-state index is 0.196. The van der Waals surface area contributed by atoms with Crippen molar-refractivity contribution in [3.05, 3.63) is 82.2 Å². The van der Waals surface area contributed by atoms with Crippen molar-refractivity contribution >= 4 is 17.0 Å². The second-order valence-corrected chi connectivity index (χ2v) is 8.29. The largest absolute Gasteiger partial charge is 0.491 e. The molecule has 2 aromatic carbocycles. The molecular formula is C26H30N2O4. The van der Waals surface area contributed by atoms with E-state index < -0.39 is 6.10 Å². The minimum atomic E-state index is -0.584. The van der Waals surface area contributed by atoms with Crippen molar-refractivity contribution in [2.45, 2.75) is 13.0 Å². The predicted molar refractivity (Wildman–Crippen MR) is 127 cm³/mol. The molecule has 3 aromatic rings. The fraction of sp³-hybridized carbons (Fsp3) is 0.346. The Balaban J connectivity index is 1.20. The molecule has 0 saturated carbocycles. The number of fused-ring (bicyclic) bond motifs is 1. The molecule has 1 aromatic heterocycles. The van der Waals surface area contributed by atoms with Gasteiger partial charge in [0.15, 0.2) is 0 Å². The first-order valence-corrected chi connectivity index (χ1v) is 11.1. The summed E-state index contributed by atoms with van der Waals surface area (Å²) in [4.78, 5) is 16.3. The van der Waals surface area contributed by atoms with E-state index in [1.807, 2.05) is 37.3 Å². The van der Waals surface area contributed by atoms with Crippen LogP contribution in [0.5, 0.6) is 5.75 Å². The Morgan fingerprint density at radius 2 is 1.81 bits per heavy atom. The highest BCUT2D eigenvalue weighted by Gasteiger charge is 2.19. The molecule has 168 valence electrons. The number of nitrogens with zero attached hydrogens (tertiary/aromatic N) is 2. The lowest BCUT2D eigenvalue weighted by atomic mass is 10.1. The van der Waals surface area contributed by atoms with Gasteiger partial charge in [0.05, 0.1) is 0 Å². The van der Waals surface area contributed by atoms with Gasteiger partial charge in [-0.2, -0.15) is 0 Å². The highest BCUT2D eigenvalue weighted by Crippen LogP contribution is 2.22. The molecule has 2 heterocycles. The summed E-state index contributed by atoms with van der Waals surface area (Å²) in [6.45, 7) is 7.41. The maximum Gasteiger partial charge on any atom is 0.336 e. The Kier molecular flexibility index (Phi) is 7.37. The second-order valence-electron chi connectivity index (χ2n) is 8.29. The van der Waals surface area contributed by atoms with Crippen LogP contribution < -0.4 is 10.4 Å². The third kappa shape index (κ3) is 6.07. The summed E-state index contributed by atoms with van der Waals surface area (Å²) >= 11 is 0. The number of aliphatic hydroxyl groups is 1. The third-order valence-corrected chi connectivity index (χ3v) is 5.77. The van der Waals surface area contributed by atoms with Crippen LogP contribution in [0.25, 0.3) is 17.0 Å². The van der Waals surface area contributed by atoms with Crippen LogP contribution in [-0.2, 0) is 0 Å². The van der Waals surface area contributed by atoms with Gasteiger partial charge >= 0.3 is 5.63 Å². The first-order valence-electron chi connectivity index (χ1n) is 11.1. The molecule has 1 unspecified atom stereocenters. The van der Waals surface area contributed by atoms with Gasteiger partial charge in [-0.1, -0.05) is 42.5 Å². The van der Waals surface area contributed by atoms with Crippen molar-refractivity contribution in [1.29, 1.82) is 0 Å². The Morgan fingerprint density at radius 3 is 2.59 bits per heavy atom. The van der Waals surface area contributed by atoms with Crippen LogP contribution in [0.2, 0.25) is 0 Å². The van der Waals surface area contributed by atoms with Crippen LogP contribution in [0, 0.1) is 6.92 Å². The number of piperazine rings is 1. The predicted octanol–water partition coefficient (Wildman–Crippen LogP) is 3.17. The second kappa shape index (κ2) is 10.6. The number of aliphatic hydroxyl groups excluding tert-OH is 1. The fourth-order valence-corrected chi connectivity index (χ4v) is 3.99. The fourth-order valence-electron chi connectivity index (χ4n) is 3.99. The molecule has 1 N–H and O–H groups in total. The first kappa shape index (κ1) is 22.3. The molecule has 0 radical (unpaired) electrons. The van der Waals surface area contributed by atoms with Crippen LogP contribution in [0.4, 0.5) is 0 Å². The van der Waals surface area contributed by atoms with E-state index in [2.05, 4.69) is 34.1 Å². The summed E-state index contributed by atoms with van der Waals surface area (Å²) in [5.74, 6) is 0.584. The van der Waals surface area contributed by atoms with Crippen LogP contribution in [0.15, 0.2) is 69.9 Å². The van der Waals surface area contributed by atoms with Gasteiger partial charge in [-0.05, 0) is 30.2 Å². The van der Waals surface area contributed by atoms with Crippen molar-refractivity contribution in [2.75, 3.05) is 45.9 Å². The Labute approximate surface area is 188 Å². The van der Waals surface area contributed by atoms with Crippen molar-refractivity contribution < 1.29 is 14.3 Å². The molecule has 6 nitrogen and oxygen atoms in total. The molecule has 4 rings (SSSR count). The minimum Gasteiger partial charge on any atom is -0.491 e. The third-order valence-electron chi connectivity index (χ3n) is 5.77. The Morgan fingerprint density at radius 1 is 1.06 bits per heavy atom. The molecule has 1 aliphatic rings. The zero-order valence-electron chi connectivity index (χ0n) is 18.4. The van der Waals surface area contributed by atoms with Crippen molar-refractivity contribution in [2.24, 2.45) is 0 Å². The summed E-state index contributed by atoms with van der Waals surface area (Å²) in [7, 11) is 0. The SMILES string of the molecule is Cc1cc(=O)oc2cc(OCC(O)CN3CCN(C/C=C/c4ccccc4)CC3)ccc12. The highest BCUT2D eigenvalue weighted by atomic mass is 16.5. The molecule has 0 spiro atoms. The summed E-state index contributed by atoms with van der Waals surface area (Å²) in [5, 5.41) is 11.3. The van der Waals surface area contributed by atoms with Crippen molar-refractivity contribution in [1.82, 2.24) is 9.80 Å². The zero-order valence-corrected chi connectivity index (χ0v) is 18.4. The Bertz CT molecular complexity index is 1100. The van der Waals surface area contributed by atoms with Gasteiger partial charge in [0.25, 0.3) is 0 Å². The van der Waals surface area contributed by atoms with Gasteiger partial charge in [0.2, 0.25) is 0 Å². The van der Waals surface area contributed by atoms with E-state index in [9.17, 15) is 9.90 Å². The normalized spacial score (nSPS) is 16.6. The summed E-state index contributed by atoms with van der Waals surface area (Å²) in [5.41, 5.74) is 2.22. The lowest BCUT2D eigenvalue weighted by Gasteiger charge is -2.35. The van der Waals surface area contributed by atoms with Gasteiger partial charge < -0.3 is 14.3 Å². The van der Waals surface area contributed by atoms with E-state index in [0.29, 0.717) is 17.9 Å². The molecule has 32 heavy (non-hydrogen) atoms. The van der Waals surface area contributed by atoms with E-state index in [-0.39, 0.29) is 12.2 Å². The molecule has 0 amide bonds.